The summed E-state index contributed by atoms with van der Waals surface area (Å²) in [5.74, 6) is -19.1. The van der Waals surface area contributed by atoms with E-state index in [4.69, 9.17) is 0 Å². The number of carbonyl (C=O) groups is 3. The van der Waals surface area contributed by atoms with Gasteiger partial charge in [0.1, 0.15) is 11.6 Å². The Morgan fingerprint density at radius 1 is 0.922 bits per heavy atom. The van der Waals surface area contributed by atoms with Gasteiger partial charge in [0.05, 0.1) is 24.6 Å². The molecular formula is C34H57N5O12. The number of nitrogens with zero attached hydrogens (tertiary/aromatic N) is 1. The Bertz CT molecular complexity index is 1420. The van der Waals surface area contributed by atoms with Gasteiger partial charge in [0.2, 0.25) is 11.8 Å². The van der Waals surface area contributed by atoms with Crippen LogP contribution >= 0.6 is 0 Å². The Labute approximate surface area is 297 Å². The third-order valence-electron chi connectivity index (χ3n) is 11.1. The van der Waals surface area contributed by atoms with E-state index in [1.54, 1.807) is 6.92 Å². The number of fused-ring (bicyclic) bond motifs is 1. The Kier molecular flexibility index (Phi) is 11.1. The zero-order valence-corrected chi connectivity index (χ0v) is 30.2. The zero-order chi connectivity index (χ0) is 38.6. The van der Waals surface area contributed by atoms with E-state index in [2.05, 4.69) is 21.3 Å². The first-order chi connectivity index (χ1) is 23.3. The van der Waals surface area contributed by atoms with Crippen LogP contribution in [0.3, 0.4) is 0 Å². The van der Waals surface area contributed by atoms with Crippen molar-refractivity contribution in [3.05, 3.63) is 23.7 Å². The average Bonchev–Trinajstić information content (AvgIpc) is 3.60. The maximum Gasteiger partial charge on any atom is 0.283 e. The average molecular weight is 728 g/mol. The molecule has 0 bridgehead atoms. The van der Waals surface area contributed by atoms with Gasteiger partial charge in [-0.15, -0.1) is 0 Å². The van der Waals surface area contributed by atoms with Gasteiger partial charge in [-0.3, -0.25) is 14.4 Å². The van der Waals surface area contributed by atoms with E-state index >= 15 is 0 Å². The number of amides is 2. The fraction of sp³-hybridized carbons (Fsp3) is 0.794. The van der Waals surface area contributed by atoms with Gasteiger partial charge >= 0.3 is 0 Å². The summed E-state index contributed by atoms with van der Waals surface area (Å²) in [5.41, 5.74) is -6.27. The van der Waals surface area contributed by atoms with Crippen molar-refractivity contribution >= 4 is 17.6 Å². The molecule has 0 aromatic carbocycles. The fourth-order valence-corrected chi connectivity index (χ4v) is 6.93. The van der Waals surface area contributed by atoms with Gasteiger partial charge in [-0.1, -0.05) is 47.6 Å². The van der Waals surface area contributed by atoms with Crippen molar-refractivity contribution < 1.29 is 60.3 Å². The molecule has 51 heavy (non-hydrogen) atoms. The summed E-state index contributed by atoms with van der Waals surface area (Å²) in [5, 5.41) is 109. The van der Waals surface area contributed by atoms with Gasteiger partial charge in [0.15, 0.2) is 11.4 Å². The topological polar surface area (TPSA) is 285 Å². The highest BCUT2D eigenvalue weighted by molar-refractivity contribution is 5.99. The van der Waals surface area contributed by atoms with Gasteiger partial charge in [-0.25, -0.2) is 0 Å². The van der Waals surface area contributed by atoms with Crippen molar-refractivity contribution in [2.24, 2.45) is 17.3 Å². The molecule has 0 aromatic heterocycles. The lowest BCUT2D eigenvalue weighted by atomic mass is 9.56. The summed E-state index contributed by atoms with van der Waals surface area (Å²) >= 11 is 0. The highest BCUT2D eigenvalue weighted by atomic mass is 16.7. The second-order valence-electron chi connectivity index (χ2n) is 16.3. The van der Waals surface area contributed by atoms with E-state index in [-0.39, 0.29) is 42.7 Å². The smallest absolute Gasteiger partial charge is 0.283 e. The Balaban J connectivity index is 1.50. The van der Waals surface area contributed by atoms with E-state index in [1.807, 2.05) is 40.7 Å². The molecule has 13 N–H and O–H groups in total. The van der Waals surface area contributed by atoms with Crippen molar-refractivity contribution in [2.75, 3.05) is 19.6 Å². The van der Waals surface area contributed by atoms with Crippen molar-refractivity contribution in [1.82, 2.24) is 26.2 Å². The Hall–Kier alpha value is -2.87. The lowest BCUT2D eigenvalue weighted by molar-refractivity contribution is -0.565. The summed E-state index contributed by atoms with van der Waals surface area (Å²) in [6.07, 6.45) is 5.25. The zero-order valence-electron chi connectivity index (χ0n) is 30.2. The highest BCUT2D eigenvalue weighted by Crippen LogP contribution is 2.59. The van der Waals surface area contributed by atoms with Crippen LogP contribution in [0.1, 0.15) is 86.5 Å². The molecule has 290 valence electrons. The molecule has 2 amide bonds. The predicted molar refractivity (Wildman–Crippen MR) is 180 cm³/mol. The molecule has 17 heteroatoms. The first-order valence-electron chi connectivity index (χ1n) is 17.6. The third-order valence-corrected chi connectivity index (χ3v) is 11.1. The van der Waals surface area contributed by atoms with Crippen LogP contribution in [0.5, 0.6) is 0 Å². The number of ketones is 1. The number of Topliss-reactive ketones (excluding diaryl/α,β-unsaturated/α-hetero) is 1. The molecule has 2 aliphatic heterocycles. The van der Waals surface area contributed by atoms with Crippen LogP contribution in [-0.2, 0) is 14.4 Å². The molecule has 2 aliphatic carbocycles. The normalized spacial score (nSPS) is 29.9. The van der Waals surface area contributed by atoms with Crippen molar-refractivity contribution in [3.63, 3.8) is 0 Å². The number of allylic oxidation sites excluding steroid dienone is 1. The van der Waals surface area contributed by atoms with Crippen molar-refractivity contribution in [2.45, 2.75) is 133 Å². The number of carbonyl (C=O) groups excluding carboxylic acids is 3. The van der Waals surface area contributed by atoms with Crippen LogP contribution in [0.4, 0.5) is 0 Å². The summed E-state index contributed by atoms with van der Waals surface area (Å²) in [7, 11) is 0. The SMILES string of the molecule is CC(C)CC=C(NC1CC1)C(=O)CNC(=O)C1CCCN1C(=O)CNC1=CC2(O)C(O)(O)C(O)(O)C(O)(O)C(O)(O)C2(CCC(C)C(C)(C)C)N1. The summed E-state index contributed by atoms with van der Waals surface area (Å²) in [6.45, 7) is 10.8. The molecule has 4 atom stereocenters. The van der Waals surface area contributed by atoms with Crippen LogP contribution in [0, 0.1) is 17.3 Å². The first-order valence-corrected chi connectivity index (χ1v) is 17.6. The second-order valence-corrected chi connectivity index (χ2v) is 16.3. The summed E-state index contributed by atoms with van der Waals surface area (Å²) < 4.78 is 0. The molecule has 0 spiro atoms. The summed E-state index contributed by atoms with van der Waals surface area (Å²) in [6, 6.07) is -0.676. The van der Waals surface area contributed by atoms with E-state index < -0.39 is 70.9 Å². The van der Waals surface area contributed by atoms with Gasteiger partial charge in [-0.2, -0.15) is 0 Å². The standard InChI is InChI=1S/C34H57N5O12/c1-19(2)9-12-22(37-21-10-11-21)24(40)17-36-27(42)23-8-7-15-39(23)26(41)18-35-25-16-30(43)29(38-25,14-13-20(3)28(4,5)6)31(44,45)33(48,49)34(50,51)32(30,46)47/h12,16,19-21,23,35,37-38,43-51H,7-11,13-15,17-18H2,1-6H3,(H,36,42). The number of rotatable bonds is 14. The molecule has 2 saturated carbocycles. The number of hydrogen-bond acceptors (Lipinski definition) is 15. The Morgan fingerprint density at radius 3 is 2.10 bits per heavy atom. The van der Waals surface area contributed by atoms with E-state index in [0.29, 0.717) is 37.0 Å². The Morgan fingerprint density at radius 2 is 1.53 bits per heavy atom. The second kappa shape index (κ2) is 13.8. The third kappa shape index (κ3) is 7.00. The van der Waals surface area contributed by atoms with Crippen molar-refractivity contribution in [1.29, 1.82) is 0 Å². The fourth-order valence-electron chi connectivity index (χ4n) is 6.93. The van der Waals surface area contributed by atoms with E-state index in [9.17, 15) is 60.3 Å². The minimum atomic E-state index is -4.53. The molecule has 0 radical (unpaired) electrons. The van der Waals surface area contributed by atoms with E-state index in [1.165, 1.54) is 4.90 Å². The largest absolute Gasteiger partial charge is 0.380 e. The molecule has 0 aromatic rings. The van der Waals surface area contributed by atoms with E-state index in [0.717, 1.165) is 12.8 Å². The van der Waals surface area contributed by atoms with Gasteiger partial charge in [0, 0.05) is 12.6 Å². The summed E-state index contributed by atoms with van der Waals surface area (Å²) in [4.78, 5) is 40.9. The number of aliphatic hydroxyl groups is 9. The van der Waals surface area contributed by atoms with Crippen LogP contribution in [0.2, 0.25) is 0 Å². The minimum absolute atomic E-state index is 0.0104. The molecule has 4 unspecified atom stereocenters. The molecule has 3 fully saturated rings. The quantitative estimate of drug-likeness (QED) is 0.0629. The number of nitrogens with one attached hydrogen (secondary N) is 4. The molecule has 17 nitrogen and oxygen atoms in total. The van der Waals surface area contributed by atoms with Gasteiger partial charge in [0.25, 0.3) is 23.1 Å². The van der Waals surface area contributed by atoms with Gasteiger partial charge < -0.3 is 72.1 Å². The number of hydrogen-bond donors (Lipinski definition) is 13. The maximum atomic E-state index is 13.4. The van der Waals surface area contributed by atoms with Crippen LogP contribution in [-0.4, -0.2) is 134 Å². The first kappa shape index (κ1) is 40.9. The lowest BCUT2D eigenvalue weighted by Gasteiger charge is -2.65. The molecular weight excluding hydrogens is 670 g/mol. The van der Waals surface area contributed by atoms with Crippen LogP contribution < -0.4 is 21.3 Å². The predicted octanol–water partition coefficient (Wildman–Crippen LogP) is -2.95. The highest BCUT2D eigenvalue weighted by Gasteiger charge is 2.91. The molecule has 4 rings (SSSR count). The lowest BCUT2D eigenvalue weighted by Crippen LogP contribution is -2.96. The van der Waals surface area contributed by atoms with Crippen molar-refractivity contribution in [3.8, 4) is 0 Å². The minimum Gasteiger partial charge on any atom is -0.380 e. The number of likely N-dealkylation sites (tertiary alicyclic amines) is 1. The van der Waals surface area contributed by atoms with Crippen LogP contribution in [0.15, 0.2) is 23.7 Å². The monoisotopic (exact) mass is 727 g/mol. The molecule has 2 heterocycles. The molecule has 4 aliphatic rings. The van der Waals surface area contributed by atoms with Crippen LogP contribution in [0.25, 0.3) is 0 Å². The molecule has 1 saturated heterocycles. The maximum absolute atomic E-state index is 13.4. The van der Waals surface area contributed by atoms with Gasteiger partial charge in [-0.05, 0) is 68.3 Å².